The number of hydrogen-bond donors (Lipinski definition) is 1. The molecule has 2 heterocycles. The third-order valence-electron chi connectivity index (χ3n) is 2.59. The molecular formula is C12H14FN5. The van der Waals surface area contributed by atoms with Crippen LogP contribution in [0.15, 0.2) is 30.7 Å². The van der Waals surface area contributed by atoms with Gasteiger partial charge in [-0.25, -0.2) is 9.37 Å². The Labute approximate surface area is 105 Å². The van der Waals surface area contributed by atoms with Gasteiger partial charge in [-0.05, 0) is 24.1 Å². The normalized spacial score (nSPS) is 10.3. The molecule has 0 aliphatic heterocycles. The number of aromatic nitrogens is 3. The molecule has 2 aromatic rings. The average Bonchev–Trinajstić information content (AvgIpc) is 2.40. The number of nitrogen functional groups attached to an aromatic ring is 1. The Hall–Kier alpha value is -2.24. The molecule has 18 heavy (non-hydrogen) atoms. The summed E-state index contributed by atoms with van der Waals surface area (Å²) in [5.41, 5.74) is 6.59. The first-order chi connectivity index (χ1) is 8.66. The van der Waals surface area contributed by atoms with Crippen LogP contribution in [0.3, 0.4) is 0 Å². The fraction of sp³-hybridized carbons (Fsp3) is 0.250. The standard InChI is InChI=1S/C12H14FN5/c1-18(7-4-9-2-5-15-6-3-9)11-10(13)8-16-12(14)17-11/h2-3,5-6,8H,4,7H2,1H3,(H2,14,16,17). The highest BCUT2D eigenvalue weighted by Gasteiger charge is 2.10. The van der Waals surface area contributed by atoms with E-state index in [0.717, 1.165) is 18.2 Å². The van der Waals surface area contributed by atoms with Gasteiger partial charge >= 0.3 is 0 Å². The van der Waals surface area contributed by atoms with Crippen LogP contribution in [-0.4, -0.2) is 28.5 Å². The second kappa shape index (κ2) is 5.39. The highest BCUT2D eigenvalue weighted by molar-refractivity contribution is 5.41. The van der Waals surface area contributed by atoms with Gasteiger partial charge in [-0.3, -0.25) is 4.98 Å². The van der Waals surface area contributed by atoms with E-state index in [4.69, 9.17) is 5.73 Å². The van der Waals surface area contributed by atoms with Crippen LogP contribution >= 0.6 is 0 Å². The van der Waals surface area contributed by atoms with E-state index in [-0.39, 0.29) is 11.8 Å². The van der Waals surface area contributed by atoms with Crippen molar-refractivity contribution in [3.63, 3.8) is 0 Å². The molecule has 0 aliphatic carbocycles. The second-order valence-electron chi connectivity index (χ2n) is 3.93. The zero-order valence-electron chi connectivity index (χ0n) is 10.0. The van der Waals surface area contributed by atoms with E-state index < -0.39 is 5.82 Å². The van der Waals surface area contributed by atoms with Gasteiger partial charge in [-0.15, -0.1) is 0 Å². The first-order valence-electron chi connectivity index (χ1n) is 5.55. The minimum Gasteiger partial charge on any atom is -0.368 e. The molecule has 5 nitrogen and oxygen atoms in total. The van der Waals surface area contributed by atoms with E-state index in [0.29, 0.717) is 6.54 Å². The van der Waals surface area contributed by atoms with Crippen molar-refractivity contribution in [3.8, 4) is 0 Å². The lowest BCUT2D eigenvalue weighted by molar-refractivity contribution is 0.608. The van der Waals surface area contributed by atoms with Gasteiger partial charge in [-0.2, -0.15) is 4.98 Å². The van der Waals surface area contributed by atoms with E-state index in [2.05, 4.69) is 15.0 Å². The van der Waals surface area contributed by atoms with Crippen molar-refractivity contribution in [2.45, 2.75) is 6.42 Å². The topological polar surface area (TPSA) is 67.9 Å². The molecule has 0 aliphatic rings. The molecule has 0 radical (unpaired) electrons. The van der Waals surface area contributed by atoms with E-state index in [1.54, 1.807) is 24.3 Å². The minimum absolute atomic E-state index is 0.0714. The summed E-state index contributed by atoms with van der Waals surface area (Å²) in [6, 6.07) is 3.86. The summed E-state index contributed by atoms with van der Waals surface area (Å²) in [5.74, 6) is -0.180. The number of hydrogen-bond acceptors (Lipinski definition) is 5. The van der Waals surface area contributed by atoms with E-state index in [9.17, 15) is 4.39 Å². The van der Waals surface area contributed by atoms with Gasteiger partial charge in [0.25, 0.3) is 0 Å². The number of nitrogens with two attached hydrogens (primary N) is 1. The van der Waals surface area contributed by atoms with Crippen LogP contribution in [0, 0.1) is 5.82 Å². The number of likely N-dealkylation sites (N-methyl/N-ethyl adjacent to an activating group) is 1. The van der Waals surface area contributed by atoms with E-state index in [1.807, 2.05) is 12.1 Å². The third-order valence-corrected chi connectivity index (χ3v) is 2.59. The summed E-state index contributed by atoms with van der Waals surface area (Å²) in [7, 11) is 1.77. The fourth-order valence-electron chi connectivity index (χ4n) is 1.59. The molecule has 2 rings (SSSR count). The van der Waals surface area contributed by atoms with Crippen LogP contribution < -0.4 is 10.6 Å². The largest absolute Gasteiger partial charge is 0.368 e. The van der Waals surface area contributed by atoms with Gasteiger partial charge in [0.1, 0.15) is 0 Å². The summed E-state index contributed by atoms with van der Waals surface area (Å²) in [5, 5.41) is 0. The lowest BCUT2D eigenvalue weighted by Crippen LogP contribution is -2.23. The van der Waals surface area contributed by atoms with Crippen molar-refractivity contribution in [1.82, 2.24) is 15.0 Å². The number of nitrogens with zero attached hydrogens (tertiary/aromatic N) is 4. The van der Waals surface area contributed by atoms with Crippen molar-refractivity contribution >= 4 is 11.8 Å². The molecular weight excluding hydrogens is 233 g/mol. The molecule has 0 atom stereocenters. The molecule has 0 spiro atoms. The summed E-state index contributed by atoms with van der Waals surface area (Å²) in [4.78, 5) is 13.1. The van der Waals surface area contributed by atoms with Crippen molar-refractivity contribution in [1.29, 1.82) is 0 Å². The number of halogens is 1. The van der Waals surface area contributed by atoms with E-state index >= 15 is 0 Å². The molecule has 0 unspecified atom stereocenters. The Morgan fingerprint density at radius 2 is 2.06 bits per heavy atom. The molecule has 0 amide bonds. The van der Waals surface area contributed by atoms with Crippen molar-refractivity contribution in [3.05, 3.63) is 42.1 Å². The Morgan fingerprint density at radius 3 is 2.78 bits per heavy atom. The van der Waals surface area contributed by atoms with E-state index in [1.165, 1.54) is 0 Å². The molecule has 0 fully saturated rings. The number of rotatable bonds is 4. The minimum atomic E-state index is -0.471. The Balaban J connectivity index is 2.03. The Kier molecular flexibility index (Phi) is 3.66. The van der Waals surface area contributed by atoms with Gasteiger partial charge in [0.15, 0.2) is 11.6 Å². The molecule has 6 heteroatoms. The first-order valence-corrected chi connectivity index (χ1v) is 5.55. The van der Waals surface area contributed by atoms with Gasteiger partial charge < -0.3 is 10.6 Å². The maximum atomic E-state index is 13.5. The second-order valence-corrected chi connectivity index (χ2v) is 3.93. The smallest absolute Gasteiger partial charge is 0.222 e. The summed E-state index contributed by atoms with van der Waals surface area (Å²) in [6.45, 7) is 0.636. The van der Waals surface area contributed by atoms with Gasteiger partial charge in [0.2, 0.25) is 5.95 Å². The molecule has 0 aromatic carbocycles. The van der Waals surface area contributed by atoms with Crippen molar-refractivity contribution < 1.29 is 4.39 Å². The third kappa shape index (κ3) is 2.91. The molecule has 0 saturated carbocycles. The van der Waals surface area contributed by atoms with Gasteiger partial charge in [0, 0.05) is 26.0 Å². The number of anilines is 2. The average molecular weight is 247 g/mol. The maximum absolute atomic E-state index is 13.5. The monoisotopic (exact) mass is 247 g/mol. The van der Waals surface area contributed by atoms with Crippen LogP contribution in [0.25, 0.3) is 0 Å². The Bertz CT molecular complexity index is 517. The zero-order valence-corrected chi connectivity index (χ0v) is 10.0. The van der Waals surface area contributed by atoms with Crippen molar-refractivity contribution in [2.75, 3.05) is 24.2 Å². The lowest BCUT2D eigenvalue weighted by Gasteiger charge is -2.18. The predicted molar refractivity (Wildman–Crippen MR) is 67.6 cm³/mol. The molecule has 0 bridgehead atoms. The Morgan fingerprint density at radius 1 is 1.33 bits per heavy atom. The van der Waals surface area contributed by atoms with Crippen LogP contribution in [0.2, 0.25) is 0 Å². The maximum Gasteiger partial charge on any atom is 0.222 e. The summed E-state index contributed by atoms with van der Waals surface area (Å²) >= 11 is 0. The first kappa shape index (κ1) is 12.2. The SMILES string of the molecule is CN(CCc1ccncc1)c1nc(N)ncc1F. The van der Waals surface area contributed by atoms with Crippen LogP contribution in [0.5, 0.6) is 0 Å². The highest BCUT2D eigenvalue weighted by Crippen LogP contribution is 2.15. The van der Waals surface area contributed by atoms with Crippen molar-refractivity contribution in [2.24, 2.45) is 0 Å². The summed E-state index contributed by atoms with van der Waals surface area (Å²) < 4.78 is 13.5. The molecule has 94 valence electrons. The lowest BCUT2D eigenvalue weighted by atomic mass is 10.2. The fourth-order valence-corrected chi connectivity index (χ4v) is 1.59. The predicted octanol–water partition coefficient (Wildman–Crippen LogP) is 1.27. The molecule has 0 saturated heterocycles. The quantitative estimate of drug-likeness (QED) is 0.881. The molecule has 2 N–H and O–H groups in total. The zero-order chi connectivity index (χ0) is 13.0. The highest BCUT2D eigenvalue weighted by atomic mass is 19.1. The van der Waals surface area contributed by atoms with Crippen LogP contribution in [0.4, 0.5) is 16.2 Å². The van der Waals surface area contributed by atoms with Crippen LogP contribution in [0.1, 0.15) is 5.56 Å². The van der Waals surface area contributed by atoms with Gasteiger partial charge in [-0.1, -0.05) is 0 Å². The summed E-state index contributed by atoms with van der Waals surface area (Å²) in [6.07, 6.45) is 5.33. The number of pyridine rings is 1. The van der Waals surface area contributed by atoms with Gasteiger partial charge in [0.05, 0.1) is 6.20 Å². The van der Waals surface area contributed by atoms with Crippen LogP contribution in [-0.2, 0) is 6.42 Å². The molecule has 2 aromatic heterocycles.